The van der Waals surface area contributed by atoms with Crippen molar-refractivity contribution in [2.45, 2.75) is 46.5 Å². The summed E-state index contributed by atoms with van der Waals surface area (Å²) in [5.41, 5.74) is 1.68. The van der Waals surface area contributed by atoms with Crippen LogP contribution in [0, 0.1) is 5.41 Å². The molecule has 0 radical (unpaired) electrons. The van der Waals surface area contributed by atoms with Gasteiger partial charge in [-0.25, -0.2) is 0 Å². The van der Waals surface area contributed by atoms with Crippen LogP contribution in [0.1, 0.15) is 52.0 Å². The molecule has 2 rings (SSSR count). The molecule has 1 unspecified atom stereocenters. The summed E-state index contributed by atoms with van der Waals surface area (Å²) < 4.78 is 1.89. The largest absolute Gasteiger partial charge is 0.357 e. The number of guanidine groups is 1. The second kappa shape index (κ2) is 7.16. The molecular weight excluding hydrogens is 274 g/mol. The van der Waals surface area contributed by atoms with Gasteiger partial charge in [-0.2, -0.15) is 5.10 Å². The Morgan fingerprint density at radius 1 is 1.45 bits per heavy atom. The molecule has 0 amide bonds. The molecular formula is C17H31N5. The third kappa shape index (κ3) is 4.75. The van der Waals surface area contributed by atoms with E-state index in [-0.39, 0.29) is 0 Å². The van der Waals surface area contributed by atoms with E-state index in [4.69, 9.17) is 4.99 Å². The number of nitrogens with zero attached hydrogens (tertiary/aromatic N) is 4. The van der Waals surface area contributed by atoms with Crippen LogP contribution in [-0.2, 0) is 7.05 Å². The molecule has 5 nitrogen and oxygen atoms in total. The van der Waals surface area contributed by atoms with Crippen molar-refractivity contribution in [2.24, 2.45) is 17.5 Å². The summed E-state index contributed by atoms with van der Waals surface area (Å²) in [5.74, 6) is 1.64. The van der Waals surface area contributed by atoms with Crippen LogP contribution in [0.5, 0.6) is 0 Å². The Hall–Kier alpha value is -1.52. The van der Waals surface area contributed by atoms with Crippen LogP contribution in [0.2, 0.25) is 0 Å². The predicted molar refractivity (Wildman–Crippen MR) is 92.2 cm³/mol. The molecule has 0 aliphatic carbocycles. The van der Waals surface area contributed by atoms with Gasteiger partial charge in [0.15, 0.2) is 5.96 Å². The predicted octanol–water partition coefficient (Wildman–Crippen LogP) is 2.61. The van der Waals surface area contributed by atoms with Crippen LogP contribution in [0.3, 0.4) is 0 Å². The third-order valence-electron chi connectivity index (χ3n) is 4.14. The average molecular weight is 305 g/mol. The van der Waals surface area contributed by atoms with E-state index in [9.17, 15) is 0 Å². The summed E-state index contributed by atoms with van der Waals surface area (Å²) in [6, 6.07) is 0. The lowest BCUT2D eigenvalue weighted by atomic mass is 9.92. The molecule has 0 bridgehead atoms. The van der Waals surface area contributed by atoms with Crippen molar-refractivity contribution in [3.05, 3.63) is 18.0 Å². The van der Waals surface area contributed by atoms with E-state index in [1.54, 1.807) is 0 Å². The molecule has 124 valence electrons. The van der Waals surface area contributed by atoms with Crippen LogP contribution < -0.4 is 5.32 Å². The highest BCUT2D eigenvalue weighted by Gasteiger charge is 2.26. The maximum Gasteiger partial charge on any atom is 0.193 e. The van der Waals surface area contributed by atoms with Gasteiger partial charge in [-0.1, -0.05) is 20.8 Å². The molecule has 0 aromatic carbocycles. The highest BCUT2D eigenvalue weighted by Crippen LogP contribution is 2.26. The zero-order valence-corrected chi connectivity index (χ0v) is 14.8. The molecule has 0 spiro atoms. The fourth-order valence-electron chi connectivity index (χ4n) is 2.80. The molecule has 1 aromatic rings. The molecule has 1 N–H and O–H groups in total. The zero-order chi connectivity index (χ0) is 16.2. The van der Waals surface area contributed by atoms with Gasteiger partial charge >= 0.3 is 0 Å². The smallest absolute Gasteiger partial charge is 0.193 e. The number of hydrogen-bond donors (Lipinski definition) is 1. The van der Waals surface area contributed by atoms with Gasteiger partial charge in [-0.3, -0.25) is 9.67 Å². The van der Waals surface area contributed by atoms with Crippen LogP contribution >= 0.6 is 0 Å². The summed E-state index contributed by atoms with van der Waals surface area (Å²) >= 11 is 0. The maximum atomic E-state index is 4.82. The van der Waals surface area contributed by atoms with Crippen LogP contribution in [0.4, 0.5) is 0 Å². The topological polar surface area (TPSA) is 45.5 Å². The SMILES string of the molecule is CCNC(=NCCC(C)(C)C)N1CCC(c2cnn(C)c2)C1. The highest BCUT2D eigenvalue weighted by atomic mass is 15.3. The number of aryl methyl sites for hydroxylation is 1. The molecule has 1 atom stereocenters. The lowest BCUT2D eigenvalue weighted by Crippen LogP contribution is -2.40. The van der Waals surface area contributed by atoms with Crippen molar-refractivity contribution in [1.82, 2.24) is 20.0 Å². The number of aromatic nitrogens is 2. The third-order valence-corrected chi connectivity index (χ3v) is 4.14. The first kappa shape index (κ1) is 16.8. The quantitative estimate of drug-likeness (QED) is 0.687. The van der Waals surface area contributed by atoms with Gasteiger partial charge in [0.05, 0.1) is 6.20 Å². The second-order valence-electron chi connectivity index (χ2n) is 7.43. The van der Waals surface area contributed by atoms with Crippen LogP contribution in [-0.4, -0.2) is 46.8 Å². The van der Waals surface area contributed by atoms with Crippen LogP contribution in [0.15, 0.2) is 17.4 Å². The van der Waals surface area contributed by atoms with Gasteiger partial charge in [0.1, 0.15) is 0 Å². The summed E-state index contributed by atoms with van der Waals surface area (Å²) in [6.07, 6.45) is 6.42. The number of likely N-dealkylation sites (tertiary alicyclic amines) is 1. The van der Waals surface area contributed by atoms with Gasteiger partial charge in [-0.15, -0.1) is 0 Å². The van der Waals surface area contributed by atoms with Crippen molar-refractivity contribution in [1.29, 1.82) is 0 Å². The summed E-state index contributed by atoms with van der Waals surface area (Å²) in [7, 11) is 1.98. The Labute approximate surface area is 134 Å². The van der Waals surface area contributed by atoms with E-state index in [1.807, 2.05) is 17.9 Å². The van der Waals surface area contributed by atoms with E-state index in [1.165, 1.54) is 12.0 Å². The maximum absolute atomic E-state index is 4.82. The van der Waals surface area contributed by atoms with Gasteiger partial charge in [0.25, 0.3) is 0 Å². The average Bonchev–Trinajstić information content (AvgIpc) is 3.05. The van der Waals surface area contributed by atoms with E-state index in [0.717, 1.165) is 38.6 Å². The summed E-state index contributed by atoms with van der Waals surface area (Å²) in [6.45, 7) is 12.8. The minimum Gasteiger partial charge on any atom is -0.357 e. The monoisotopic (exact) mass is 305 g/mol. The molecule has 1 aromatic heterocycles. The molecule has 0 saturated carbocycles. The van der Waals surface area contributed by atoms with E-state index in [0.29, 0.717) is 11.3 Å². The molecule has 22 heavy (non-hydrogen) atoms. The van der Waals surface area contributed by atoms with Crippen molar-refractivity contribution in [2.75, 3.05) is 26.2 Å². The Kier molecular flexibility index (Phi) is 5.48. The standard InChI is InChI=1S/C17H31N5/c1-6-18-16(19-9-8-17(2,3)4)22-10-7-14(13-22)15-11-20-21(5)12-15/h11-12,14H,6-10,13H2,1-5H3,(H,18,19). The van der Waals surface area contributed by atoms with Crippen LogP contribution in [0.25, 0.3) is 0 Å². The fraction of sp³-hybridized carbons (Fsp3) is 0.765. The first-order valence-electron chi connectivity index (χ1n) is 8.41. The number of hydrogen-bond acceptors (Lipinski definition) is 2. The number of aliphatic imine (C=N–C) groups is 1. The molecule has 1 fully saturated rings. The number of rotatable bonds is 4. The van der Waals surface area contributed by atoms with E-state index >= 15 is 0 Å². The van der Waals surface area contributed by atoms with Gasteiger partial charge in [0, 0.05) is 45.3 Å². The fourth-order valence-corrected chi connectivity index (χ4v) is 2.80. The first-order valence-corrected chi connectivity index (χ1v) is 8.41. The van der Waals surface area contributed by atoms with Crippen molar-refractivity contribution in [3.63, 3.8) is 0 Å². The molecule has 1 saturated heterocycles. The van der Waals surface area contributed by atoms with Gasteiger partial charge in [0.2, 0.25) is 0 Å². The minimum atomic E-state index is 0.337. The second-order valence-corrected chi connectivity index (χ2v) is 7.43. The Balaban J connectivity index is 1.96. The summed E-state index contributed by atoms with van der Waals surface area (Å²) in [4.78, 5) is 7.22. The first-order chi connectivity index (χ1) is 10.4. The Morgan fingerprint density at radius 3 is 2.82 bits per heavy atom. The van der Waals surface area contributed by atoms with Crippen molar-refractivity contribution in [3.8, 4) is 0 Å². The highest BCUT2D eigenvalue weighted by molar-refractivity contribution is 5.80. The summed E-state index contributed by atoms with van der Waals surface area (Å²) in [5, 5.41) is 7.74. The lowest BCUT2D eigenvalue weighted by Gasteiger charge is -2.22. The Morgan fingerprint density at radius 2 is 2.23 bits per heavy atom. The van der Waals surface area contributed by atoms with Crippen molar-refractivity contribution >= 4 is 5.96 Å². The van der Waals surface area contributed by atoms with Gasteiger partial charge in [-0.05, 0) is 30.7 Å². The van der Waals surface area contributed by atoms with Crippen molar-refractivity contribution < 1.29 is 0 Å². The van der Waals surface area contributed by atoms with Gasteiger partial charge < -0.3 is 10.2 Å². The molecule has 1 aliphatic rings. The lowest BCUT2D eigenvalue weighted by molar-refractivity contribution is 0.383. The Bertz CT molecular complexity index is 497. The molecule has 1 aliphatic heterocycles. The minimum absolute atomic E-state index is 0.337. The molecule has 5 heteroatoms. The zero-order valence-electron chi connectivity index (χ0n) is 14.8. The van der Waals surface area contributed by atoms with E-state index < -0.39 is 0 Å². The molecule has 2 heterocycles. The normalized spacial score (nSPS) is 19.8. The number of nitrogens with one attached hydrogen (secondary N) is 1. The van der Waals surface area contributed by atoms with E-state index in [2.05, 4.69) is 49.2 Å².